The first-order valence-corrected chi connectivity index (χ1v) is 9.91. The lowest BCUT2D eigenvalue weighted by Crippen LogP contribution is -2.36. The number of benzene rings is 1. The fraction of sp³-hybridized carbons (Fsp3) is 0.476. The summed E-state index contributed by atoms with van der Waals surface area (Å²) in [5, 5.41) is 1.46. The van der Waals surface area contributed by atoms with Crippen molar-refractivity contribution in [2.24, 2.45) is 0 Å². The number of rotatable bonds is 9. The number of hydrogen-bond acceptors (Lipinski definition) is 3. The molecule has 0 spiro atoms. The summed E-state index contributed by atoms with van der Waals surface area (Å²) in [6.07, 6.45) is 5.17. The minimum absolute atomic E-state index is 0.123. The molecule has 0 radical (unpaired) electrons. The van der Waals surface area contributed by atoms with Crippen molar-refractivity contribution in [3.8, 4) is 0 Å². The lowest BCUT2D eigenvalue weighted by atomic mass is 9.94. The van der Waals surface area contributed by atoms with Gasteiger partial charge < -0.3 is 4.74 Å². The molecule has 3 rings (SSSR count). The first-order valence-electron chi connectivity index (χ1n) is 9.15. The highest BCUT2D eigenvalue weighted by molar-refractivity contribution is 6.35. The second-order valence-corrected chi connectivity index (χ2v) is 8.00. The normalized spacial score (nSPS) is 16.7. The van der Waals surface area contributed by atoms with E-state index in [0.717, 1.165) is 49.7 Å². The Balaban J connectivity index is 1.80. The standard InChI is InChI=1S/C21H26Cl2N2O/c1-16(20-6-3-4-11-24-20)25(12-5-13-26-2)15-21(9-10-21)18-8-7-17(22)14-19(18)23/h3-4,6-8,11,14,16H,5,9-10,12-13,15H2,1-2H3. The molecule has 0 saturated heterocycles. The zero-order valence-corrected chi connectivity index (χ0v) is 16.9. The van der Waals surface area contributed by atoms with Crippen LogP contribution in [0.4, 0.5) is 0 Å². The van der Waals surface area contributed by atoms with Crippen LogP contribution in [0.2, 0.25) is 10.0 Å². The highest BCUT2D eigenvalue weighted by Crippen LogP contribution is 2.52. The van der Waals surface area contributed by atoms with Crippen molar-refractivity contribution in [1.82, 2.24) is 9.88 Å². The molecule has 1 fully saturated rings. The van der Waals surface area contributed by atoms with Gasteiger partial charge in [0.15, 0.2) is 0 Å². The van der Waals surface area contributed by atoms with Gasteiger partial charge in [0, 0.05) is 54.5 Å². The van der Waals surface area contributed by atoms with Crippen molar-refractivity contribution >= 4 is 23.2 Å². The van der Waals surface area contributed by atoms with Crippen molar-refractivity contribution in [3.05, 3.63) is 63.9 Å². The Morgan fingerprint density at radius 2 is 2.04 bits per heavy atom. The van der Waals surface area contributed by atoms with E-state index in [0.29, 0.717) is 5.02 Å². The summed E-state index contributed by atoms with van der Waals surface area (Å²) in [5.74, 6) is 0. The third-order valence-corrected chi connectivity index (χ3v) is 5.87. The van der Waals surface area contributed by atoms with Crippen LogP contribution in [0.3, 0.4) is 0 Å². The van der Waals surface area contributed by atoms with E-state index in [4.69, 9.17) is 27.9 Å². The van der Waals surface area contributed by atoms with Crippen LogP contribution in [0.15, 0.2) is 42.6 Å². The molecule has 1 aliphatic rings. The lowest BCUT2D eigenvalue weighted by molar-refractivity contribution is 0.144. The fourth-order valence-corrected chi connectivity index (χ4v) is 4.21. The first kappa shape index (κ1) is 19.6. The van der Waals surface area contributed by atoms with Gasteiger partial charge in [0.25, 0.3) is 0 Å². The Hall–Kier alpha value is -1.13. The van der Waals surface area contributed by atoms with E-state index in [1.807, 2.05) is 24.4 Å². The Bertz CT molecular complexity index is 719. The molecule has 140 valence electrons. The van der Waals surface area contributed by atoms with Crippen LogP contribution in [-0.4, -0.2) is 36.7 Å². The van der Waals surface area contributed by atoms with Crippen LogP contribution in [0.1, 0.15) is 43.5 Å². The third-order valence-electron chi connectivity index (χ3n) is 5.32. The highest BCUT2D eigenvalue weighted by Gasteiger charge is 2.47. The minimum atomic E-state index is 0.123. The second-order valence-electron chi connectivity index (χ2n) is 7.15. The zero-order chi connectivity index (χ0) is 18.6. The average molecular weight is 393 g/mol. The number of nitrogens with zero attached hydrogens (tertiary/aromatic N) is 2. The average Bonchev–Trinajstić information content (AvgIpc) is 3.41. The SMILES string of the molecule is COCCCN(CC1(c2ccc(Cl)cc2Cl)CC1)C(C)c1ccccn1. The van der Waals surface area contributed by atoms with Gasteiger partial charge >= 0.3 is 0 Å². The van der Waals surface area contributed by atoms with Crippen molar-refractivity contribution in [2.45, 2.75) is 37.6 Å². The van der Waals surface area contributed by atoms with Crippen LogP contribution in [0, 0.1) is 0 Å². The van der Waals surface area contributed by atoms with Gasteiger partial charge in [-0.25, -0.2) is 0 Å². The van der Waals surface area contributed by atoms with Crippen LogP contribution in [0.5, 0.6) is 0 Å². The maximum atomic E-state index is 6.53. The van der Waals surface area contributed by atoms with Crippen molar-refractivity contribution in [2.75, 3.05) is 26.8 Å². The molecule has 1 aromatic heterocycles. The van der Waals surface area contributed by atoms with Gasteiger partial charge in [0.05, 0.1) is 5.69 Å². The molecular weight excluding hydrogens is 367 g/mol. The molecule has 1 aromatic carbocycles. The van der Waals surface area contributed by atoms with E-state index >= 15 is 0 Å². The Labute approximate surface area is 166 Å². The monoisotopic (exact) mass is 392 g/mol. The summed E-state index contributed by atoms with van der Waals surface area (Å²) in [6.45, 7) is 4.93. The summed E-state index contributed by atoms with van der Waals surface area (Å²) < 4.78 is 5.26. The van der Waals surface area contributed by atoms with Crippen molar-refractivity contribution in [1.29, 1.82) is 0 Å². The summed E-state index contributed by atoms with van der Waals surface area (Å²) in [7, 11) is 1.75. The van der Waals surface area contributed by atoms with E-state index in [2.05, 4.69) is 35.0 Å². The number of methoxy groups -OCH3 is 1. The van der Waals surface area contributed by atoms with Crippen LogP contribution in [0.25, 0.3) is 0 Å². The van der Waals surface area contributed by atoms with Crippen molar-refractivity contribution < 1.29 is 4.74 Å². The van der Waals surface area contributed by atoms with Gasteiger partial charge in [0.2, 0.25) is 0 Å². The number of halogens is 2. The van der Waals surface area contributed by atoms with Crippen molar-refractivity contribution in [3.63, 3.8) is 0 Å². The Morgan fingerprint density at radius 3 is 2.65 bits per heavy atom. The Morgan fingerprint density at radius 1 is 1.23 bits per heavy atom. The molecule has 0 aliphatic heterocycles. The molecule has 1 unspecified atom stereocenters. The van der Waals surface area contributed by atoms with Crippen LogP contribution in [-0.2, 0) is 10.2 Å². The van der Waals surface area contributed by atoms with Gasteiger partial charge in [-0.05, 0) is 56.0 Å². The van der Waals surface area contributed by atoms with Gasteiger partial charge in [-0.15, -0.1) is 0 Å². The van der Waals surface area contributed by atoms with E-state index in [1.54, 1.807) is 7.11 Å². The molecule has 1 atom stereocenters. The number of ether oxygens (including phenoxy) is 1. The first-order chi connectivity index (χ1) is 12.6. The molecule has 0 amide bonds. The maximum Gasteiger partial charge on any atom is 0.0572 e. The quantitative estimate of drug-likeness (QED) is 0.525. The number of aromatic nitrogens is 1. The third kappa shape index (κ3) is 4.58. The fourth-order valence-electron chi connectivity index (χ4n) is 3.60. The van der Waals surface area contributed by atoms with Crippen LogP contribution < -0.4 is 0 Å². The molecule has 0 bridgehead atoms. The van der Waals surface area contributed by atoms with Gasteiger partial charge in [-0.1, -0.05) is 35.3 Å². The molecular formula is C21H26Cl2N2O. The largest absolute Gasteiger partial charge is 0.385 e. The zero-order valence-electron chi connectivity index (χ0n) is 15.4. The summed E-state index contributed by atoms with van der Waals surface area (Å²) in [5.41, 5.74) is 2.44. The summed E-state index contributed by atoms with van der Waals surface area (Å²) in [4.78, 5) is 7.08. The second kappa shape index (κ2) is 8.71. The minimum Gasteiger partial charge on any atom is -0.385 e. The molecule has 26 heavy (non-hydrogen) atoms. The van der Waals surface area contributed by atoms with Gasteiger partial charge in [0.1, 0.15) is 0 Å². The van der Waals surface area contributed by atoms with E-state index in [1.165, 1.54) is 5.56 Å². The van der Waals surface area contributed by atoms with E-state index in [9.17, 15) is 0 Å². The summed E-state index contributed by atoms with van der Waals surface area (Å²) >= 11 is 12.6. The summed E-state index contributed by atoms with van der Waals surface area (Å²) in [6, 6.07) is 12.3. The lowest BCUT2D eigenvalue weighted by Gasteiger charge is -2.33. The van der Waals surface area contributed by atoms with Crippen LogP contribution >= 0.6 is 23.2 Å². The topological polar surface area (TPSA) is 25.4 Å². The maximum absolute atomic E-state index is 6.53. The van der Waals surface area contributed by atoms with E-state index < -0.39 is 0 Å². The molecule has 1 saturated carbocycles. The van der Waals surface area contributed by atoms with Gasteiger partial charge in [-0.3, -0.25) is 9.88 Å². The highest BCUT2D eigenvalue weighted by atomic mass is 35.5. The smallest absolute Gasteiger partial charge is 0.0572 e. The molecule has 1 heterocycles. The van der Waals surface area contributed by atoms with Gasteiger partial charge in [-0.2, -0.15) is 0 Å². The van der Waals surface area contributed by atoms with E-state index in [-0.39, 0.29) is 11.5 Å². The number of pyridine rings is 1. The molecule has 3 nitrogen and oxygen atoms in total. The number of hydrogen-bond donors (Lipinski definition) is 0. The predicted molar refractivity (Wildman–Crippen MR) is 108 cm³/mol. The molecule has 0 N–H and O–H groups in total. The predicted octanol–water partition coefficient (Wildman–Crippen LogP) is 5.52. The Kier molecular flexibility index (Phi) is 6.57. The molecule has 1 aliphatic carbocycles. The molecule has 5 heteroatoms. The molecule has 2 aromatic rings.